The third kappa shape index (κ3) is 7.44. The molecule has 0 amide bonds. The third-order valence-corrected chi connectivity index (χ3v) is 4.10. The van der Waals surface area contributed by atoms with Crippen LogP contribution in [0.5, 0.6) is 11.5 Å². The quantitative estimate of drug-likeness (QED) is 0.253. The van der Waals surface area contributed by atoms with E-state index in [0.29, 0.717) is 6.08 Å². The number of alkyl halides is 6. The lowest BCUT2D eigenvalue weighted by Gasteiger charge is -2.30. The summed E-state index contributed by atoms with van der Waals surface area (Å²) in [5.74, 6) is -2.68. The number of rotatable bonds is 10. The first-order valence-electron chi connectivity index (χ1n) is 9.04. The van der Waals surface area contributed by atoms with Crippen LogP contribution in [0.25, 0.3) is 6.08 Å². The molecule has 2 rings (SSSR count). The number of ether oxygens (including phenoxy) is 3. The highest BCUT2D eigenvalue weighted by atomic mass is 19.4. The number of carbonyl (C=O) groups excluding carboxylic acids is 1. The second-order valence-electron chi connectivity index (χ2n) is 6.40. The first kappa shape index (κ1) is 26.6. The van der Waals surface area contributed by atoms with Crippen molar-refractivity contribution in [1.82, 2.24) is 5.64 Å². The number of hydrogen-bond acceptors (Lipinski definition) is 9. The van der Waals surface area contributed by atoms with Crippen LogP contribution >= 0.6 is 0 Å². The summed E-state index contributed by atoms with van der Waals surface area (Å²) >= 11 is 0. The maximum absolute atomic E-state index is 13.6. The van der Waals surface area contributed by atoms with Crippen molar-refractivity contribution in [3.63, 3.8) is 0 Å². The van der Waals surface area contributed by atoms with Gasteiger partial charge in [0, 0.05) is 5.56 Å². The topological polar surface area (TPSA) is 135 Å². The molecule has 0 fully saturated rings. The molecule has 16 heteroatoms. The lowest BCUT2D eigenvalue weighted by atomic mass is 9.97. The van der Waals surface area contributed by atoms with Crippen molar-refractivity contribution < 1.29 is 65.9 Å². The van der Waals surface area contributed by atoms with E-state index in [2.05, 4.69) is 14.4 Å². The number of fused-ring (bicyclic) bond motifs is 1. The zero-order valence-corrected chi connectivity index (χ0v) is 16.7. The molecule has 0 saturated heterocycles. The van der Waals surface area contributed by atoms with Gasteiger partial charge in [-0.15, -0.1) is 13.2 Å². The van der Waals surface area contributed by atoms with Gasteiger partial charge in [-0.2, -0.15) is 13.2 Å². The Morgan fingerprint density at radius 3 is 2.52 bits per heavy atom. The van der Waals surface area contributed by atoms with Crippen LogP contribution < -0.4 is 20.8 Å². The van der Waals surface area contributed by atoms with Gasteiger partial charge in [0.1, 0.15) is 24.7 Å². The van der Waals surface area contributed by atoms with E-state index in [1.54, 1.807) is 0 Å². The van der Waals surface area contributed by atoms with Crippen molar-refractivity contribution in [3.05, 3.63) is 34.0 Å². The molecule has 0 saturated carbocycles. The van der Waals surface area contributed by atoms with Crippen LogP contribution in [-0.4, -0.2) is 49.1 Å². The van der Waals surface area contributed by atoms with Crippen LogP contribution in [-0.2, 0) is 25.6 Å². The van der Waals surface area contributed by atoms with Gasteiger partial charge in [-0.25, -0.2) is 15.3 Å². The number of carbonyl (C=O) groups is 1. The van der Waals surface area contributed by atoms with Crippen molar-refractivity contribution >= 4 is 12.0 Å². The molecule has 4 N–H and O–H groups in total. The summed E-state index contributed by atoms with van der Waals surface area (Å²) in [6.07, 6.45) is -13.8. The Morgan fingerprint density at radius 1 is 1.27 bits per heavy atom. The largest absolute Gasteiger partial charge is 0.601 e. The molecule has 1 heterocycles. The monoisotopic (exact) mass is 492 g/mol. The summed E-state index contributed by atoms with van der Waals surface area (Å²) in [6.45, 7) is 0.197. The standard InChI is InChI=1S/C17H18F6N2O8/c1-2-8-3-10(33-17(21,22)23)4-9-5-12(14(16(18,19)20)32-13(8)9)15(26)31-11(6-29-24-27)7-30-25-28/h3-5,11,14,24,27H,2,6-7,25H2,1H3/t11?,14-/m0/s1. The number of quaternary nitrogens is 1. The number of hydrogen-bond donors (Lipinski definition) is 3. The van der Waals surface area contributed by atoms with E-state index in [1.165, 1.54) is 12.6 Å². The summed E-state index contributed by atoms with van der Waals surface area (Å²) in [5.41, 5.74) is -0.173. The first-order valence-corrected chi connectivity index (χ1v) is 9.04. The fourth-order valence-electron chi connectivity index (χ4n) is 2.84. The zero-order chi connectivity index (χ0) is 24.8. The van der Waals surface area contributed by atoms with Gasteiger partial charge in [-0.05, 0) is 30.2 Å². The first-order chi connectivity index (χ1) is 15.4. The number of aryl methyl sites for hydroxylation is 1. The van der Waals surface area contributed by atoms with E-state index in [0.717, 1.165) is 12.1 Å². The summed E-state index contributed by atoms with van der Waals surface area (Å²) < 4.78 is 92.4. The van der Waals surface area contributed by atoms with E-state index >= 15 is 0 Å². The Balaban J connectivity index is 2.46. The molecule has 0 aliphatic carbocycles. The average molecular weight is 492 g/mol. The molecule has 10 nitrogen and oxygen atoms in total. The molecule has 0 aromatic heterocycles. The Kier molecular flexibility index (Phi) is 8.87. The van der Waals surface area contributed by atoms with Gasteiger partial charge in [-0.1, -0.05) is 12.6 Å². The summed E-state index contributed by atoms with van der Waals surface area (Å²) in [5, 5.41) is 18.8. The highest BCUT2D eigenvalue weighted by molar-refractivity contribution is 5.96. The van der Waals surface area contributed by atoms with Crippen molar-refractivity contribution in [2.24, 2.45) is 0 Å². The molecule has 186 valence electrons. The Hall–Kier alpha value is -2.63. The highest BCUT2D eigenvalue weighted by Crippen LogP contribution is 2.42. The minimum atomic E-state index is -5.10. The van der Waals surface area contributed by atoms with E-state index < -0.39 is 55.3 Å². The van der Waals surface area contributed by atoms with Crippen LogP contribution in [0.4, 0.5) is 26.3 Å². The fraction of sp³-hybridized carbons (Fsp3) is 0.471. The Labute approximate surface area is 181 Å². The minimum Gasteiger partial charge on any atom is -0.601 e. The average Bonchev–Trinajstić information content (AvgIpc) is 2.72. The fourth-order valence-corrected chi connectivity index (χ4v) is 2.84. The lowest BCUT2D eigenvalue weighted by molar-refractivity contribution is -0.851. The molecule has 1 aliphatic rings. The molecule has 0 radical (unpaired) electrons. The highest BCUT2D eigenvalue weighted by Gasteiger charge is 2.49. The van der Waals surface area contributed by atoms with Crippen molar-refractivity contribution in [1.29, 1.82) is 0 Å². The van der Waals surface area contributed by atoms with E-state index in [4.69, 9.17) is 14.7 Å². The van der Waals surface area contributed by atoms with Gasteiger partial charge in [0.15, 0.2) is 6.10 Å². The molecule has 1 unspecified atom stereocenters. The van der Waals surface area contributed by atoms with Crippen molar-refractivity contribution in [3.8, 4) is 11.5 Å². The van der Waals surface area contributed by atoms with Crippen molar-refractivity contribution in [2.45, 2.75) is 38.1 Å². The molecular weight excluding hydrogens is 474 g/mol. The smallest absolute Gasteiger partial charge is 0.573 e. The number of esters is 1. The molecule has 2 atom stereocenters. The van der Waals surface area contributed by atoms with E-state index in [-0.39, 0.29) is 28.9 Å². The Bertz CT molecular complexity index is 853. The van der Waals surface area contributed by atoms with Gasteiger partial charge in [-0.3, -0.25) is 10.0 Å². The Morgan fingerprint density at radius 2 is 1.97 bits per heavy atom. The summed E-state index contributed by atoms with van der Waals surface area (Å²) in [4.78, 5) is 21.2. The minimum absolute atomic E-state index is 0.00774. The SMILES string of the molecule is CCc1cc(OC(F)(F)F)cc2c1O[C@H](C(F)(F)F)C(C(=O)OC(CONO)CO[NH2+][O-])=C2. The van der Waals surface area contributed by atoms with Gasteiger partial charge in [0.05, 0.1) is 5.57 Å². The normalized spacial score (nSPS) is 17.0. The molecular formula is C17H18F6N2O8. The van der Waals surface area contributed by atoms with Gasteiger partial charge >= 0.3 is 18.5 Å². The van der Waals surface area contributed by atoms with E-state index in [9.17, 15) is 36.3 Å². The molecule has 33 heavy (non-hydrogen) atoms. The summed E-state index contributed by atoms with van der Waals surface area (Å²) in [7, 11) is 0. The predicted molar refractivity (Wildman–Crippen MR) is 92.9 cm³/mol. The van der Waals surface area contributed by atoms with Gasteiger partial charge in [0.25, 0.3) is 0 Å². The van der Waals surface area contributed by atoms with Crippen LogP contribution in [0.1, 0.15) is 18.1 Å². The molecule has 0 spiro atoms. The maximum Gasteiger partial charge on any atom is 0.573 e. The predicted octanol–water partition coefficient (Wildman–Crippen LogP) is 1.67. The van der Waals surface area contributed by atoms with Gasteiger partial charge in [0.2, 0.25) is 6.10 Å². The molecule has 1 aliphatic heterocycles. The molecule has 1 aromatic rings. The molecule has 0 bridgehead atoms. The van der Waals surface area contributed by atoms with E-state index in [1.807, 2.05) is 0 Å². The number of nitrogens with two attached hydrogens (primary N) is 1. The lowest BCUT2D eigenvalue weighted by Crippen LogP contribution is -2.77. The second kappa shape index (κ2) is 11.0. The van der Waals surface area contributed by atoms with Crippen LogP contribution in [0, 0.1) is 5.21 Å². The third-order valence-electron chi connectivity index (χ3n) is 4.10. The van der Waals surface area contributed by atoms with Crippen LogP contribution in [0.3, 0.4) is 0 Å². The molecule has 1 aromatic carbocycles. The number of benzene rings is 1. The second-order valence-corrected chi connectivity index (χ2v) is 6.40. The number of halogens is 6. The summed E-state index contributed by atoms with van der Waals surface area (Å²) in [6, 6.07) is 1.64. The van der Waals surface area contributed by atoms with Gasteiger partial charge < -0.3 is 19.4 Å². The maximum atomic E-state index is 13.6. The van der Waals surface area contributed by atoms with Crippen molar-refractivity contribution in [2.75, 3.05) is 13.2 Å². The van der Waals surface area contributed by atoms with Crippen LogP contribution in [0.15, 0.2) is 17.7 Å². The number of nitrogens with one attached hydrogen (secondary N) is 1. The zero-order valence-electron chi connectivity index (χ0n) is 16.7. The van der Waals surface area contributed by atoms with Crippen LogP contribution in [0.2, 0.25) is 0 Å².